The summed E-state index contributed by atoms with van der Waals surface area (Å²) >= 11 is 0. The summed E-state index contributed by atoms with van der Waals surface area (Å²) in [6.45, 7) is 2.41. The molecular formula is C11H14N8O. The maximum absolute atomic E-state index is 5.05. The minimum Gasteiger partial charge on any atom is -0.368 e. The Labute approximate surface area is 114 Å². The predicted octanol–water partition coefficient (Wildman–Crippen LogP) is 0.741. The first kappa shape index (κ1) is 12.3. The fourth-order valence-corrected chi connectivity index (χ4v) is 1.80. The average Bonchev–Trinajstić information content (AvgIpc) is 3.07. The van der Waals surface area contributed by atoms with Crippen LogP contribution in [-0.2, 0) is 6.42 Å². The first-order chi connectivity index (χ1) is 9.76. The molecule has 20 heavy (non-hydrogen) atoms. The lowest BCUT2D eigenvalue weighted by Crippen LogP contribution is -2.09. The number of nitrogens with one attached hydrogen (secondary N) is 3. The zero-order valence-electron chi connectivity index (χ0n) is 11.1. The molecule has 9 heteroatoms. The van der Waals surface area contributed by atoms with E-state index in [0.29, 0.717) is 42.1 Å². The lowest BCUT2D eigenvalue weighted by molar-refractivity contribution is 0.377. The maximum Gasteiger partial charge on any atom is 0.228 e. The molecule has 104 valence electrons. The van der Waals surface area contributed by atoms with Gasteiger partial charge in [-0.25, -0.2) is 4.98 Å². The topological polar surface area (TPSA) is 117 Å². The van der Waals surface area contributed by atoms with E-state index in [2.05, 4.69) is 40.7 Å². The summed E-state index contributed by atoms with van der Waals surface area (Å²) < 4.78 is 5.05. The van der Waals surface area contributed by atoms with Crippen molar-refractivity contribution in [3.05, 3.63) is 18.0 Å². The summed E-state index contributed by atoms with van der Waals surface area (Å²) in [4.78, 5) is 19.9. The highest BCUT2D eigenvalue weighted by atomic mass is 16.5. The number of anilines is 2. The van der Waals surface area contributed by atoms with E-state index < -0.39 is 0 Å². The van der Waals surface area contributed by atoms with Gasteiger partial charge in [0.05, 0.1) is 6.33 Å². The van der Waals surface area contributed by atoms with Crippen molar-refractivity contribution in [3.63, 3.8) is 0 Å². The van der Waals surface area contributed by atoms with Crippen LogP contribution in [0.2, 0.25) is 0 Å². The highest BCUT2D eigenvalue weighted by molar-refractivity contribution is 5.83. The molecule has 0 aliphatic rings. The molecule has 0 radical (unpaired) electrons. The first-order valence-corrected chi connectivity index (χ1v) is 6.18. The van der Waals surface area contributed by atoms with E-state index in [1.165, 1.54) is 0 Å². The largest absolute Gasteiger partial charge is 0.368 e. The third kappa shape index (κ3) is 2.37. The molecular weight excluding hydrogens is 260 g/mol. The summed E-state index contributed by atoms with van der Waals surface area (Å²) in [5.41, 5.74) is 1.38. The van der Waals surface area contributed by atoms with Crippen molar-refractivity contribution in [2.45, 2.75) is 13.3 Å². The van der Waals surface area contributed by atoms with Gasteiger partial charge in [0.1, 0.15) is 5.52 Å². The van der Waals surface area contributed by atoms with Crippen molar-refractivity contribution < 1.29 is 4.52 Å². The Bertz CT molecular complexity index is 718. The molecule has 3 rings (SSSR count). The van der Waals surface area contributed by atoms with Crippen LogP contribution in [0.1, 0.15) is 11.7 Å². The number of hydrogen-bond acceptors (Lipinski definition) is 8. The highest BCUT2D eigenvalue weighted by Crippen LogP contribution is 2.18. The number of H-pyrrole nitrogens is 1. The van der Waals surface area contributed by atoms with Gasteiger partial charge >= 0.3 is 0 Å². The second kappa shape index (κ2) is 5.11. The third-order valence-corrected chi connectivity index (χ3v) is 2.71. The zero-order valence-corrected chi connectivity index (χ0v) is 11.1. The van der Waals surface area contributed by atoms with Crippen molar-refractivity contribution in [2.75, 3.05) is 24.2 Å². The van der Waals surface area contributed by atoms with E-state index in [-0.39, 0.29) is 0 Å². The van der Waals surface area contributed by atoms with Gasteiger partial charge in [0.15, 0.2) is 17.3 Å². The molecule has 0 aliphatic carbocycles. The molecule has 0 unspecified atom stereocenters. The normalized spacial score (nSPS) is 10.9. The second-order valence-electron chi connectivity index (χ2n) is 4.16. The monoisotopic (exact) mass is 274 g/mol. The van der Waals surface area contributed by atoms with Crippen molar-refractivity contribution in [2.24, 2.45) is 0 Å². The van der Waals surface area contributed by atoms with E-state index in [0.717, 1.165) is 5.52 Å². The summed E-state index contributed by atoms with van der Waals surface area (Å²) in [5, 5.41) is 9.87. The SMILES string of the molecule is CNc1nc(NCCc2nc(C)no2)c2[nH]cnc2n1. The molecule has 9 nitrogen and oxygen atoms in total. The van der Waals surface area contributed by atoms with Gasteiger partial charge in [0, 0.05) is 20.0 Å². The number of aryl methyl sites for hydroxylation is 1. The van der Waals surface area contributed by atoms with Crippen LogP contribution < -0.4 is 10.6 Å². The Morgan fingerprint density at radius 1 is 1.30 bits per heavy atom. The molecule has 0 aliphatic heterocycles. The average molecular weight is 274 g/mol. The smallest absolute Gasteiger partial charge is 0.228 e. The molecule has 0 saturated carbocycles. The zero-order chi connectivity index (χ0) is 13.9. The van der Waals surface area contributed by atoms with Crippen LogP contribution in [-0.4, -0.2) is 43.7 Å². The fourth-order valence-electron chi connectivity index (χ4n) is 1.80. The van der Waals surface area contributed by atoms with Gasteiger partial charge in [-0.2, -0.15) is 15.0 Å². The van der Waals surface area contributed by atoms with Crippen LogP contribution in [0, 0.1) is 6.92 Å². The van der Waals surface area contributed by atoms with Crippen LogP contribution in [0.4, 0.5) is 11.8 Å². The number of fused-ring (bicyclic) bond motifs is 1. The highest BCUT2D eigenvalue weighted by Gasteiger charge is 2.09. The number of hydrogen-bond donors (Lipinski definition) is 3. The van der Waals surface area contributed by atoms with Gasteiger partial charge in [-0.3, -0.25) is 0 Å². The van der Waals surface area contributed by atoms with Crippen molar-refractivity contribution >= 4 is 22.9 Å². The second-order valence-corrected chi connectivity index (χ2v) is 4.16. The maximum atomic E-state index is 5.05. The number of imidazole rings is 1. The van der Waals surface area contributed by atoms with E-state index in [1.54, 1.807) is 20.3 Å². The van der Waals surface area contributed by atoms with Gasteiger partial charge in [-0.05, 0) is 6.92 Å². The van der Waals surface area contributed by atoms with E-state index in [4.69, 9.17) is 4.52 Å². The molecule has 3 heterocycles. The standard InChI is InChI=1S/C11H14N8O/c1-6-16-7(20-19-6)3-4-13-9-8-10(15-5-14-8)18-11(12-2)17-9/h5H,3-4H2,1-2H3,(H3,12,13,14,15,17,18). The van der Waals surface area contributed by atoms with Gasteiger partial charge in [0.25, 0.3) is 0 Å². The number of aromatic nitrogens is 6. The van der Waals surface area contributed by atoms with Crippen LogP contribution in [0.3, 0.4) is 0 Å². The molecule has 0 fully saturated rings. The Balaban J connectivity index is 1.74. The van der Waals surface area contributed by atoms with E-state index in [9.17, 15) is 0 Å². The Morgan fingerprint density at radius 2 is 2.20 bits per heavy atom. The minimum absolute atomic E-state index is 0.515. The molecule has 3 aromatic heterocycles. The molecule has 3 aromatic rings. The fraction of sp³-hybridized carbons (Fsp3) is 0.364. The predicted molar refractivity (Wildman–Crippen MR) is 72.5 cm³/mol. The number of aromatic amines is 1. The summed E-state index contributed by atoms with van der Waals surface area (Å²) in [7, 11) is 1.76. The Kier molecular flexibility index (Phi) is 3.15. The van der Waals surface area contributed by atoms with Gasteiger partial charge < -0.3 is 20.1 Å². The van der Waals surface area contributed by atoms with Gasteiger partial charge in [0.2, 0.25) is 11.8 Å². The lowest BCUT2D eigenvalue weighted by Gasteiger charge is -2.06. The molecule has 0 atom stereocenters. The van der Waals surface area contributed by atoms with Gasteiger partial charge in [-0.1, -0.05) is 5.16 Å². The summed E-state index contributed by atoms with van der Waals surface area (Å²) in [6, 6.07) is 0. The molecule has 0 amide bonds. The Morgan fingerprint density at radius 3 is 2.95 bits per heavy atom. The minimum atomic E-state index is 0.515. The van der Waals surface area contributed by atoms with E-state index >= 15 is 0 Å². The van der Waals surface area contributed by atoms with Crippen LogP contribution in [0.15, 0.2) is 10.9 Å². The van der Waals surface area contributed by atoms with Gasteiger partial charge in [-0.15, -0.1) is 0 Å². The molecule has 0 aromatic carbocycles. The lowest BCUT2D eigenvalue weighted by atomic mass is 10.4. The molecule has 0 bridgehead atoms. The Hall–Kier alpha value is -2.71. The van der Waals surface area contributed by atoms with Crippen molar-refractivity contribution in [1.29, 1.82) is 0 Å². The first-order valence-electron chi connectivity index (χ1n) is 6.18. The molecule has 0 saturated heterocycles. The van der Waals surface area contributed by atoms with Crippen LogP contribution in [0.25, 0.3) is 11.2 Å². The quantitative estimate of drug-likeness (QED) is 0.623. The van der Waals surface area contributed by atoms with E-state index in [1.807, 2.05) is 0 Å². The van der Waals surface area contributed by atoms with Crippen molar-refractivity contribution in [3.8, 4) is 0 Å². The van der Waals surface area contributed by atoms with Crippen molar-refractivity contribution in [1.82, 2.24) is 30.1 Å². The number of rotatable bonds is 5. The number of nitrogens with zero attached hydrogens (tertiary/aromatic N) is 5. The summed E-state index contributed by atoms with van der Waals surface area (Å²) in [5.74, 6) is 2.43. The molecule has 3 N–H and O–H groups in total. The summed E-state index contributed by atoms with van der Waals surface area (Å²) in [6.07, 6.45) is 2.21. The third-order valence-electron chi connectivity index (χ3n) is 2.71. The molecule has 0 spiro atoms. The van der Waals surface area contributed by atoms with Crippen LogP contribution >= 0.6 is 0 Å². The van der Waals surface area contributed by atoms with Crippen LogP contribution in [0.5, 0.6) is 0 Å².